The summed E-state index contributed by atoms with van der Waals surface area (Å²) < 4.78 is 5.72. The van der Waals surface area contributed by atoms with Crippen molar-refractivity contribution in [2.75, 3.05) is 14.1 Å². The van der Waals surface area contributed by atoms with Gasteiger partial charge in [-0.25, -0.2) is 0 Å². The Kier molecular flexibility index (Phi) is 7.25. The lowest BCUT2D eigenvalue weighted by Crippen LogP contribution is -2.27. The van der Waals surface area contributed by atoms with E-state index < -0.39 is 0 Å². The van der Waals surface area contributed by atoms with Crippen molar-refractivity contribution in [1.29, 1.82) is 0 Å². The van der Waals surface area contributed by atoms with Gasteiger partial charge in [0.1, 0.15) is 6.23 Å². The van der Waals surface area contributed by atoms with Crippen molar-refractivity contribution in [2.24, 2.45) is 0 Å². The van der Waals surface area contributed by atoms with Gasteiger partial charge in [-0.15, -0.1) is 12.4 Å². The zero-order chi connectivity index (χ0) is 15.2. The molecule has 1 unspecified atom stereocenters. The Morgan fingerprint density at radius 2 is 1.55 bits per heavy atom. The van der Waals surface area contributed by atoms with Crippen LogP contribution in [0.2, 0.25) is 0 Å². The topological polar surface area (TPSA) is 29.5 Å². The molecule has 0 aliphatic heterocycles. The van der Waals surface area contributed by atoms with Crippen LogP contribution < -0.4 is 0 Å². The van der Waals surface area contributed by atoms with Gasteiger partial charge in [0.15, 0.2) is 5.78 Å². The summed E-state index contributed by atoms with van der Waals surface area (Å²) in [5.41, 5.74) is 2.47. The zero-order valence-electron chi connectivity index (χ0n) is 13.2. The number of nitrogens with zero attached hydrogens (tertiary/aromatic N) is 1. The molecule has 3 nitrogen and oxygen atoms in total. The van der Waals surface area contributed by atoms with Crippen LogP contribution in [0.4, 0.5) is 0 Å². The van der Waals surface area contributed by atoms with Crippen LogP contribution in [-0.2, 0) is 11.3 Å². The molecule has 0 aliphatic rings. The van der Waals surface area contributed by atoms with Crippen molar-refractivity contribution in [1.82, 2.24) is 4.90 Å². The van der Waals surface area contributed by atoms with Crippen LogP contribution in [0.15, 0.2) is 54.6 Å². The van der Waals surface area contributed by atoms with Crippen LogP contribution in [0, 0.1) is 0 Å². The second kappa shape index (κ2) is 8.69. The summed E-state index contributed by atoms with van der Waals surface area (Å²) in [7, 11) is 3.96. The molecule has 118 valence electrons. The highest BCUT2D eigenvalue weighted by atomic mass is 35.5. The summed E-state index contributed by atoms with van der Waals surface area (Å²) in [6.45, 7) is 2.55. The van der Waals surface area contributed by atoms with Crippen LogP contribution >= 0.6 is 12.4 Å². The van der Waals surface area contributed by atoms with Gasteiger partial charge in [-0.05, 0) is 26.6 Å². The van der Waals surface area contributed by atoms with Crippen LogP contribution in [0.25, 0.3) is 0 Å². The lowest BCUT2D eigenvalue weighted by Gasteiger charge is -2.20. The molecule has 0 heterocycles. The van der Waals surface area contributed by atoms with E-state index in [9.17, 15) is 4.79 Å². The standard InChI is InChI=1S/C18H21NO2.ClH/c1-14(19(2)3)21-13-15-9-11-17(12-10-15)18(20)16-7-5-4-6-8-16;/h4-12,14H,13H2,1-3H3;1H. The Hall–Kier alpha value is -1.68. The number of halogens is 1. The highest BCUT2D eigenvalue weighted by molar-refractivity contribution is 6.08. The second-order valence-electron chi connectivity index (χ2n) is 5.27. The lowest BCUT2D eigenvalue weighted by molar-refractivity contribution is -0.0329. The van der Waals surface area contributed by atoms with E-state index in [0.29, 0.717) is 17.7 Å². The van der Waals surface area contributed by atoms with Crippen LogP contribution in [0.3, 0.4) is 0 Å². The van der Waals surface area contributed by atoms with Gasteiger partial charge in [0.2, 0.25) is 0 Å². The molecule has 0 saturated heterocycles. The predicted molar refractivity (Wildman–Crippen MR) is 91.5 cm³/mol. The van der Waals surface area contributed by atoms with Crippen molar-refractivity contribution in [3.8, 4) is 0 Å². The molecule has 0 N–H and O–H groups in total. The molecule has 0 aromatic heterocycles. The first kappa shape index (κ1) is 18.4. The minimum atomic E-state index is 0. The monoisotopic (exact) mass is 319 g/mol. The third kappa shape index (κ3) is 4.95. The smallest absolute Gasteiger partial charge is 0.193 e. The highest BCUT2D eigenvalue weighted by Gasteiger charge is 2.09. The Balaban J connectivity index is 0.00000242. The number of ketones is 1. The van der Waals surface area contributed by atoms with Crippen LogP contribution in [0.5, 0.6) is 0 Å². The maximum absolute atomic E-state index is 12.3. The predicted octanol–water partition coefficient (Wildman–Crippen LogP) is 3.76. The lowest BCUT2D eigenvalue weighted by atomic mass is 10.0. The third-order valence-corrected chi connectivity index (χ3v) is 3.47. The number of hydrogen-bond acceptors (Lipinski definition) is 3. The van der Waals surface area contributed by atoms with Gasteiger partial charge in [0.25, 0.3) is 0 Å². The molecule has 0 spiro atoms. The summed E-state index contributed by atoms with van der Waals surface area (Å²) >= 11 is 0. The van der Waals surface area contributed by atoms with Gasteiger partial charge in [-0.3, -0.25) is 9.69 Å². The van der Waals surface area contributed by atoms with E-state index >= 15 is 0 Å². The molecule has 0 radical (unpaired) electrons. The molecule has 0 fully saturated rings. The number of benzene rings is 2. The van der Waals surface area contributed by atoms with E-state index in [1.165, 1.54) is 0 Å². The quantitative estimate of drug-likeness (QED) is 0.599. The largest absolute Gasteiger partial charge is 0.359 e. The van der Waals surface area contributed by atoms with Crippen molar-refractivity contribution >= 4 is 18.2 Å². The Morgan fingerprint density at radius 1 is 1.00 bits per heavy atom. The third-order valence-electron chi connectivity index (χ3n) is 3.47. The normalized spacial score (nSPS) is 11.8. The van der Waals surface area contributed by atoms with Crippen LogP contribution in [-0.4, -0.2) is 31.0 Å². The summed E-state index contributed by atoms with van der Waals surface area (Å²) in [5, 5.41) is 0. The number of rotatable bonds is 6. The molecule has 0 amide bonds. The maximum Gasteiger partial charge on any atom is 0.193 e. The van der Waals surface area contributed by atoms with Crippen molar-refractivity contribution in [2.45, 2.75) is 19.8 Å². The average molecular weight is 320 g/mol. The van der Waals surface area contributed by atoms with Gasteiger partial charge >= 0.3 is 0 Å². The van der Waals surface area contributed by atoms with E-state index in [1.807, 2.05) is 80.5 Å². The van der Waals surface area contributed by atoms with Gasteiger partial charge in [-0.2, -0.15) is 0 Å². The first-order chi connectivity index (χ1) is 10.1. The Bertz CT molecular complexity index is 582. The molecule has 4 heteroatoms. The first-order valence-corrected chi connectivity index (χ1v) is 7.04. The zero-order valence-corrected chi connectivity index (χ0v) is 14.0. The molecule has 2 aromatic carbocycles. The SMILES string of the molecule is CC(OCc1ccc(C(=O)c2ccccc2)cc1)N(C)C.Cl. The molecule has 1 atom stereocenters. The molecule has 22 heavy (non-hydrogen) atoms. The highest BCUT2D eigenvalue weighted by Crippen LogP contribution is 2.12. The fraction of sp³-hybridized carbons (Fsp3) is 0.278. The van der Waals surface area contributed by atoms with Crippen molar-refractivity contribution < 1.29 is 9.53 Å². The fourth-order valence-electron chi connectivity index (χ4n) is 1.87. The van der Waals surface area contributed by atoms with Crippen LogP contribution in [0.1, 0.15) is 28.4 Å². The molecule has 2 aromatic rings. The van der Waals surface area contributed by atoms with Crippen molar-refractivity contribution in [3.05, 3.63) is 71.3 Å². The molecule has 2 rings (SSSR count). The minimum absolute atomic E-state index is 0. The van der Waals surface area contributed by atoms with Gasteiger partial charge in [-0.1, -0.05) is 54.6 Å². The fourth-order valence-corrected chi connectivity index (χ4v) is 1.87. The number of carbonyl (C=O) groups excluding carboxylic acids is 1. The molecular weight excluding hydrogens is 298 g/mol. The minimum Gasteiger partial charge on any atom is -0.359 e. The van der Waals surface area contributed by atoms with E-state index in [-0.39, 0.29) is 24.4 Å². The number of hydrogen-bond donors (Lipinski definition) is 0. The average Bonchev–Trinajstić information content (AvgIpc) is 2.53. The Morgan fingerprint density at radius 3 is 2.09 bits per heavy atom. The second-order valence-corrected chi connectivity index (χ2v) is 5.27. The Labute approximate surface area is 138 Å². The number of carbonyl (C=O) groups is 1. The first-order valence-electron chi connectivity index (χ1n) is 7.04. The maximum atomic E-state index is 12.3. The molecule has 0 saturated carbocycles. The number of ether oxygens (including phenoxy) is 1. The van der Waals surface area contributed by atoms with Gasteiger partial charge in [0, 0.05) is 11.1 Å². The molecular formula is C18H22ClNO2. The van der Waals surface area contributed by atoms with Gasteiger partial charge < -0.3 is 4.74 Å². The summed E-state index contributed by atoms with van der Waals surface area (Å²) in [6, 6.07) is 16.9. The molecule has 0 aliphatic carbocycles. The summed E-state index contributed by atoms with van der Waals surface area (Å²) in [4.78, 5) is 14.3. The van der Waals surface area contributed by atoms with E-state index in [0.717, 1.165) is 5.56 Å². The molecule has 0 bridgehead atoms. The van der Waals surface area contributed by atoms with E-state index in [4.69, 9.17) is 4.74 Å². The van der Waals surface area contributed by atoms with Crippen molar-refractivity contribution in [3.63, 3.8) is 0 Å². The summed E-state index contributed by atoms with van der Waals surface area (Å²) in [6.07, 6.45) is 0.0654. The van der Waals surface area contributed by atoms with Gasteiger partial charge in [0.05, 0.1) is 6.61 Å². The summed E-state index contributed by atoms with van der Waals surface area (Å²) in [5.74, 6) is 0.0460. The van der Waals surface area contributed by atoms with E-state index in [1.54, 1.807) is 0 Å². The van der Waals surface area contributed by atoms with E-state index in [2.05, 4.69) is 0 Å².